The molecule has 4 rings (SSSR count). The van der Waals surface area contributed by atoms with Crippen LogP contribution in [-0.4, -0.2) is 41.5 Å². The van der Waals surface area contributed by atoms with E-state index in [2.05, 4.69) is 21.2 Å². The zero-order valence-corrected chi connectivity index (χ0v) is 18.6. The molecule has 0 spiro atoms. The summed E-state index contributed by atoms with van der Waals surface area (Å²) in [6.45, 7) is 1.33. The molecule has 8 nitrogen and oxygen atoms in total. The second-order valence-electron chi connectivity index (χ2n) is 7.38. The van der Waals surface area contributed by atoms with Crippen LogP contribution >= 0.6 is 15.9 Å². The van der Waals surface area contributed by atoms with Crippen LogP contribution in [-0.2, 0) is 11.3 Å². The lowest BCUT2D eigenvalue weighted by molar-refractivity contribution is -0.132. The van der Waals surface area contributed by atoms with Gasteiger partial charge in [-0.1, -0.05) is 0 Å². The predicted molar refractivity (Wildman–Crippen MR) is 120 cm³/mol. The van der Waals surface area contributed by atoms with Gasteiger partial charge in [0.2, 0.25) is 5.91 Å². The van der Waals surface area contributed by atoms with Gasteiger partial charge in [-0.25, -0.2) is 4.79 Å². The number of anilines is 1. The first-order chi connectivity index (χ1) is 15.0. The number of aromatic nitrogens is 1. The van der Waals surface area contributed by atoms with Gasteiger partial charge >= 0.3 is 5.76 Å². The minimum atomic E-state index is -0.596. The molecule has 1 N–H and O–H groups in total. The predicted octanol–water partition coefficient (Wildman–Crippen LogP) is 3.63. The first kappa shape index (κ1) is 21.2. The average Bonchev–Trinajstić information content (AvgIpc) is 3.08. The third kappa shape index (κ3) is 4.51. The number of hydrogen-bond acceptors (Lipinski definition) is 5. The van der Waals surface area contributed by atoms with E-state index in [1.807, 2.05) is 0 Å². The highest BCUT2D eigenvalue weighted by Gasteiger charge is 2.20. The lowest BCUT2D eigenvalue weighted by atomic mass is 10.1. The summed E-state index contributed by atoms with van der Waals surface area (Å²) in [5, 5.41) is 2.82. The first-order valence-corrected chi connectivity index (χ1v) is 10.8. The topological polar surface area (TPSA) is 93.8 Å². The SMILES string of the molecule is COc1ccc(C(=O)Nc2ccc3oc(=O)n(CC(=O)N4CCCCC4)c3c2)c(Br)c1. The number of carbonyl (C=O) groups is 2. The van der Waals surface area contributed by atoms with Crippen molar-refractivity contribution in [3.05, 3.63) is 57.0 Å². The molecule has 0 atom stereocenters. The van der Waals surface area contributed by atoms with E-state index in [4.69, 9.17) is 9.15 Å². The number of piperidine rings is 1. The van der Waals surface area contributed by atoms with Crippen molar-refractivity contribution >= 4 is 44.5 Å². The third-order valence-electron chi connectivity index (χ3n) is 5.35. The summed E-state index contributed by atoms with van der Waals surface area (Å²) in [6.07, 6.45) is 3.07. The van der Waals surface area contributed by atoms with Gasteiger partial charge in [-0.3, -0.25) is 14.2 Å². The number of halogens is 1. The summed E-state index contributed by atoms with van der Waals surface area (Å²) < 4.78 is 12.3. The van der Waals surface area contributed by atoms with Crippen LogP contribution in [0.15, 0.2) is 50.1 Å². The molecular formula is C22H22BrN3O5. The Morgan fingerprint density at radius 2 is 1.90 bits per heavy atom. The molecule has 0 radical (unpaired) electrons. The van der Waals surface area contributed by atoms with Gasteiger partial charge in [0, 0.05) is 23.2 Å². The summed E-state index contributed by atoms with van der Waals surface area (Å²) in [7, 11) is 1.55. The van der Waals surface area contributed by atoms with E-state index >= 15 is 0 Å². The fourth-order valence-corrected chi connectivity index (χ4v) is 4.21. The lowest BCUT2D eigenvalue weighted by Gasteiger charge is -2.26. The van der Waals surface area contributed by atoms with Crippen molar-refractivity contribution < 1.29 is 18.7 Å². The average molecular weight is 488 g/mol. The molecule has 1 aliphatic heterocycles. The second kappa shape index (κ2) is 8.97. The number of methoxy groups -OCH3 is 1. The highest BCUT2D eigenvalue weighted by molar-refractivity contribution is 9.10. The number of oxazole rings is 1. The van der Waals surface area contributed by atoms with Crippen molar-refractivity contribution in [3.8, 4) is 5.75 Å². The summed E-state index contributed by atoms with van der Waals surface area (Å²) in [5.41, 5.74) is 1.74. The minimum Gasteiger partial charge on any atom is -0.497 e. The molecule has 0 saturated carbocycles. The molecule has 0 aliphatic carbocycles. The standard InChI is InChI=1S/C22H22BrN3O5/c1-30-15-6-7-16(17(23)12-15)21(28)24-14-5-8-19-18(11-14)26(22(29)31-19)13-20(27)25-9-3-2-4-10-25/h5-8,11-12H,2-4,9-10,13H2,1H3,(H,24,28). The van der Waals surface area contributed by atoms with Gasteiger partial charge < -0.3 is 19.4 Å². The second-order valence-corrected chi connectivity index (χ2v) is 8.23. The molecule has 2 aromatic carbocycles. The monoisotopic (exact) mass is 487 g/mol. The largest absolute Gasteiger partial charge is 0.497 e. The zero-order chi connectivity index (χ0) is 22.0. The van der Waals surface area contributed by atoms with E-state index < -0.39 is 5.76 Å². The molecule has 162 valence electrons. The molecule has 1 aliphatic rings. The normalized spacial score (nSPS) is 13.9. The van der Waals surface area contributed by atoms with Gasteiger partial charge in [0.25, 0.3) is 5.91 Å². The quantitative estimate of drug-likeness (QED) is 0.592. The molecule has 9 heteroatoms. The Balaban J connectivity index is 1.57. The van der Waals surface area contributed by atoms with Crippen molar-refractivity contribution in [2.75, 3.05) is 25.5 Å². The van der Waals surface area contributed by atoms with Gasteiger partial charge in [-0.2, -0.15) is 0 Å². The van der Waals surface area contributed by atoms with E-state index in [-0.39, 0.29) is 18.4 Å². The van der Waals surface area contributed by atoms with Crippen molar-refractivity contribution in [3.63, 3.8) is 0 Å². The fraction of sp³-hybridized carbons (Fsp3) is 0.318. The van der Waals surface area contributed by atoms with Crippen molar-refractivity contribution in [2.45, 2.75) is 25.8 Å². The van der Waals surface area contributed by atoms with Crippen LogP contribution in [0.3, 0.4) is 0 Å². The Hall–Kier alpha value is -3.07. The smallest absolute Gasteiger partial charge is 0.420 e. The van der Waals surface area contributed by atoms with Gasteiger partial charge in [0.1, 0.15) is 12.3 Å². The number of fused-ring (bicyclic) bond motifs is 1. The molecule has 0 bridgehead atoms. The maximum Gasteiger partial charge on any atom is 0.420 e. The molecule has 2 amide bonds. The molecule has 3 aromatic rings. The molecule has 2 heterocycles. The van der Waals surface area contributed by atoms with Gasteiger partial charge in [0.15, 0.2) is 5.58 Å². The van der Waals surface area contributed by atoms with Crippen LogP contribution in [0.25, 0.3) is 11.1 Å². The summed E-state index contributed by atoms with van der Waals surface area (Å²) in [4.78, 5) is 39.5. The van der Waals surface area contributed by atoms with Crippen LogP contribution in [0, 0.1) is 0 Å². The summed E-state index contributed by atoms with van der Waals surface area (Å²) in [6, 6.07) is 9.95. The Bertz CT molecular complexity index is 1190. The molecule has 1 saturated heterocycles. The Kier molecular flexibility index (Phi) is 6.13. The number of ether oxygens (including phenoxy) is 1. The highest BCUT2D eigenvalue weighted by Crippen LogP contribution is 2.25. The fourth-order valence-electron chi connectivity index (χ4n) is 3.67. The molecule has 31 heavy (non-hydrogen) atoms. The van der Waals surface area contributed by atoms with E-state index in [0.717, 1.165) is 19.3 Å². The Morgan fingerprint density at radius 1 is 1.13 bits per heavy atom. The van der Waals surface area contributed by atoms with Crippen LogP contribution in [0.2, 0.25) is 0 Å². The zero-order valence-electron chi connectivity index (χ0n) is 17.0. The number of carbonyl (C=O) groups excluding carboxylic acids is 2. The number of nitrogens with one attached hydrogen (secondary N) is 1. The van der Waals surface area contributed by atoms with Crippen LogP contribution in [0.5, 0.6) is 5.75 Å². The number of rotatable bonds is 5. The Labute approximate surface area is 186 Å². The minimum absolute atomic E-state index is 0.0900. The van der Waals surface area contributed by atoms with Gasteiger partial charge in [-0.15, -0.1) is 0 Å². The van der Waals surface area contributed by atoms with E-state index in [1.165, 1.54) is 4.57 Å². The molecule has 1 aromatic heterocycles. The summed E-state index contributed by atoms with van der Waals surface area (Å²) in [5.74, 6) is -0.399. The molecule has 1 fully saturated rings. The maximum absolute atomic E-state index is 12.7. The molecule has 0 unspecified atom stereocenters. The summed E-state index contributed by atoms with van der Waals surface area (Å²) >= 11 is 3.38. The van der Waals surface area contributed by atoms with Crippen LogP contribution in [0.4, 0.5) is 5.69 Å². The maximum atomic E-state index is 12.7. The van der Waals surface area contributed by atoms with E-state index in [9.17, 15) is 14.4 Å². The first-order valence-electron chi connectivity index (χ1n) is 10.0. The van der Waals surface area contributed by atoms with Crippen LogP contribution < -0.4 is 15.8 Å². The van der Waals surface area contributed by atoms with Gasteiger partial charge in [-0.05, 0) is 71.6 Å². The van der Waals surface area contributed by atoms with Crippen molar-refractivity contribution in [1.82, 2.24) is 9.47 Å². The number of benzene rings is 2. The van der Waals surface area contributed by atoms with E-state index in [1.54, 1.807) is 48.4 Å². The number of nitrogens with zero attached hydrogens (tertiary/aromatic N) is 2. The van der Waals surface area contributed by atoms with Crippen molar-refractivity contribution in [1.29, 1.82) is 0 Å². The third-order valence-corrected chi connectivity index (χ3v) is 6.00. The Morgan fingerprint density at radius 3 is 2.61 bits per heavy atom. The molecular weight excluding hydrogens is 466 g/mol. The number of hydrogen-bond donors (Lipinski definition) is 1. The number of likely N-dealkylation sites (tertiary alicyclic amines) is 1. The number of amides is 2. The van der Waals surface area contributed by atoms with E-state index in [0.29, 0.717) is 45.7 Å². The highest BCUT2D eigenvalue weighted by atomic mass is 79.9. The lowest BCUT2D eigenvalue weighted by Crippen LogP contribution is -2.39. The van der Waals surface area contributed by atoms with Crippen molar-refractivity contribution in [2.24, 2.45) is 0 Å². The van der Waals surface area contributed by atoms with Gasteiger partial charge in [0.05, 0.1) is 18.2 Å². The van der Waals surface area contributed by atoms with Crippen LogP contribution in [0.1, 0.15) is 29.6 Å².